The van der Waals surface area contributed by atoms with Crippen LogP contribution in [0.15, 0.2) is 30.5 Å². The first-order valence-electron chi connectivity index (χ1n) is 6.97. The molecule has 0 aliphatic heterocycles. The molecule has 0 atom stereocenters. The lowest BCUT2D eigenvalue weighted by atomic mass is 10.2. The lowest BCUT2D eigenvalue weighted by molar-refractivity contribution is 0.0955. The normalized spacial score (nSPS) is 9.92. The number of hydrogen-bond donors (Lipinski definition) is 2. The van der Waals surface area contributed by atoms with Crippen LogP contribution in [-0.4, -0.2) is 31.1 Å². The summed E-state index contributed by atoms with van der Waals surface area (Å²) < 4.78 is 5.04. The minimum Gasteiger partial charge on any atom is -0.494 e. The molecule has 0 fully saturated rings. The van der Waals surface area contributed by atoms with Crippen molar-refractivity contribution in [2.24, 2.45) is 0 Å². The maximum absolute atomic E-state index is 12.1. The topological polar surface area (TPSA) is 87.0 Å². The largest absolute Gasteiger partial charge is 0.494 e. The van der Waals surface area contributed by atoms with E-state index in [1.165, 1.54) is 19.2 Å². The summed E-state index contributed by atoms with van der Waals surface area (Å²) in [5.41, 5.74) is 0.777. The molecule has 2 rings (SSSR count). The summed E-state index contributed by atoms with van der Waals surface area (Å²) in [6, 6.07) is 8.36. The molecule has 2 N–H and O–H groups in total. The molecule has 0 spiro atoms. The molecule has 1 aromatic carbocycles. The van der Waals surface area contributed by atoms with Crippen molar-refractivity contribution >= 4 is 34.9 Å². The van der Waals surface area contributed by atoms with Crippen LogP contribution in [0.1, 0.15) is 15.9 Å². The molecule has 24 heavy (non-hydrogen) atoms. The van der Waals surface area contributed by atoms with Gasteiger partial charge in [0.15, 0.2) is 5.75 Å². The van der Waals surface area contributed by atoms with Gasteiger partial charge in [-0.2, -0.15) is 5.26 Å². The summed E-state index contributed by atoms with van der Waals surface area (Å²) in [7, 11) is 1.45. The van der Waals surface area contributed by atoms with E-state index in [9.17, 15) is 4.79 Å². The van der Waals surface area contributed by atoms with Crippen LogP contribution in [0.4, 0.5) is 5.82 Å². The third kappa shape index (κ3) is 4.28. The first-order valence-corrected chi connectivity index (χ1v) is 7.72. The first-order chi connectivity index (χ1) is 11.6. The lowest BCUT2D eigenvalue weighted by Gasteiger charge is -2.10. The van der Waals surface area contributed by atoms with Crippen molar-refractivity contribution < 1.29 is 9.53 Å². The van der Waals surface area contributed by atoms with Crippen LogP contribution in [0.2, 0.25) is 10.0 Å². The van der Waals surface area contributed by atoms with Gasteiger partial charge in [-0.15, -0.1) is 0 Å². The molecule has 124 valence electrons. The number of carbonyl (C=O) groups is 1. The average molecular weight is 365 g/mol. The van der Waals surface area contributed by atoms with E-state index in [0.29, 0.717) is 35.8 Å². The van der Waals surface area contributed by atoms with E-state index >= 15 is 0 Å². The number of rotatable bonds is 6. The molecule has 1 amide bonds. The number of anilines is 1. The van der Waals surface area contributed by atoms with E-state index in [2.05, 4.69) is 15.6 Å². The number of nitrogens with zero attached hydrogens (tertiary/aromatic N) is 2. The van der Waals surface area contributed by atoms with E-state index in [1.54, 1.807) is 18.3 Å². The first kappa shape index (κ1) is 17.9. The Morgan fingerprint density at radius 1 is 1.33 bits per heavy atom. The molecule has 2 aromatic rings. The summed E-state index contributed by atoms with van der Waals surface area (Å²) in [6.07, 6.45) is 1.59. The highest BCUT2D eigenvalue weighted by Crippen LogP contribution is 2.33. The SMILES string of the molecule is COc1c(Cl)cc(C(=O)NCCNc2ncccc2C#N)cc1Cl. The zero-order valence-electron chi connectivity index (χ0n) is 12.8. The molecular weight excluding hydrogens is 351 g/mol. The van der Waals surface area contributed by atoms with Crippen molar-refractivity contribution in [2.45, 2.75) is 0 Å². The van der Waals surface area contributed by atoms with Gasteiger partial charge in [-0.3, -0.25) is 4.79 Å². The van der Waals surface area contributed by atoms with Crippen LogP contribution in [-0.2, 0) is 0 Å². The van der Waals surface area contributed by atoms with Crippen molar-refractivity contribution in [3.05, 3.63) is 51.6 Å². The standard InChI is InChI=1S/C16H14Cl2N4O2/c1-24-14-12(17)7-11(8-13(14)18)16(23)22-6-5-21-15-10(9-19)3-2-4-20-15/h2-4,7-8H,5-6H2,1H3,(H,20,21)(H,22,23). The molecule has 0 unspecified atom stereocenters. The van der Waals surface area contributed by atoms with Gasteiger partial charge in [0, 0.05) is 24.8 Å². The third-order valence-electron chi connectivity index (χ3n) is 3.10. The van der Waals surface area contributed by atoms with Crippen LogP contribution < -0.4 is 15.4 Å². The second-order valence-corrected chi connectivity index (χ2v) is 5.48. The Kier molecular flexibility index (Phi) is 6.24. The number of amides is 1. The molecule has 0 bridgehead atoms. The quantitative estimate of drug-likeness (QED) is 0.768. The minimum atomic E-state index is -0.315. The van der Waals surface area contributed by atoms with Crippen molar-refractivity contribution in [1.82, 2.24) is 10.3 Å². The van der Waals surface area contributed by atoms with Gasteiger partial charge in [0.05, 0.1) is 22.7 Å². The van der Waals surface area contributed by atoms with Gasteiger partial charge in [-0.25, -0.2) is 4.98 Å². The summed E-state index contributed by atoms with van der Waals surface area (Å²) in [5.74, 6) is 0.491. The van der Waals surface area contributed by atoms with E-state index in [4.69, 9.17) is 33.2 Å². The van der Waals surface area contributed by atoms with Gasteiger partial charge in [0.1, 0.15) is 11.9 Å². The third-order valence-corrected chi connectivity index (χ3v) is 3.66. The number of methoxy groups -OCH3 is 1. The summed E-state index contributed by atoms with van der Waals surface area (Å²) in [4.78, 5) is 16.2. The molecule has 0 aliphatic rings. The highest BCUT2D eigenvalue weighted by molar-refractivity contribution is 6.37. The monoisotopic (exact) mass is 364 g/mol. The zero-order valence-corrected chi connectivity index (χ0v) is 14.3. The average Bonchev–Trinajstić information content (AvgIpc) is 2.58. The number of nitriles is 1. The van der Waals surface area contributed by atoms with Gasteiger partial charge >= 0.3 is 0 Å². The molecule has 1 aromatic heterocycles. The number of halogens is 2. The van der Waals surface area contributed by atoms with Gasteiger partial charge in [-0.05, 0) is 24.3 Å². The Labute approximate surface area is 149 Å². The number of pyridine rings is 1. The van der Waals surface area contributed by atoms with Gasteiger partial charge < -0.3 is 15.4 Å². The Balaban J connectivity index is 1.91. The van der Waals surface area contributed by atoms with Crippen molar-refractivity contribution in [3.8, 4) is 11.8 Å². The van der Waals surface area contributed by atoms with Gasteiger partial charge in [0.25, 0.3) is 5.91 Å². The fourth-order valence-corrected chi connectivity index (χ4v) is 2.62. The summed E-state index contributed by atoms with van der Waals surface area (Å²) in [6.45, 7) is 0.747. The Morgan fingerprint density at radius 2 is 2.04 bits per heavy atom. The molecule has 0 saturated heterocycles. The molecule has 0 aliphatic carbocycles. The molecule has 6 nitrogen and oxygen atoms in total. The summed E-state index contributed by atoms with van der Waals surface area (Å²) in [5, 5.41) is 15.2. The van der Waals surface area contributed by atoms with Crippen molar-refractivity contribution in [3.63, 3.8) is 0 Å². The number of carbonyl (C=O) groups excluding carboxylic acids is 1. The van der Waals surface area contributed by atoms with Crippen LogP contribution >= 0.6 is 23.2 Å². The van der Waals surface area contributed by atoms with E-state index < -0.39 is 0 Å². The van der Waals surface area contributed by atoms with Crippen LogP contribution in [0.3, 0.4) is 0 Å². The number of benzene rings is 1. The van der Waals surface area contributed by atoms with Crippen molar-refractivity contribution in [1.29, 1.82) is 5.26 Å². The van der Waals surface area contributed by atoms with Crippen LogP contribution in [0.25, 0.3) is 0 Å². The minimum absolute atomic E-state index is 0.264. The second kappa shape index (κ2) is 8.39. The Morgan fingerprint density at radius 3 is 2.67 bits per heavy atom. The number of hydrogen-bond acceptors (Lipinski definition) is 5. The highest BCUT2D eigenvalue weighted by Gasteiger charge is 2.13. The molecule has 8 heteroatoms. The molecular formula is C16H14Cl2N4O2. The van der Waals surface area contributed by atoms with Gasteiger partial charge in [0.2, 0.25) is 0 Å². The van der Waals surface area contributed by atoms with E-state index in [1.807, 2.05) is 6.07 Å². The predicted molar refractivity (Wildman–Crippen MR) is 92.8 cm³/mol. The van der Waals surface area contributed by atoms with Gasteiger partial charge in [-0.1, -0.05) is 23.2 Å². The van der Waals surface area contributed by atoms with Crippen LogP contribution in [0, 0.1) is 11.3 Å². The fourth-order valence-electron chi connectivity index (χ4n) is 1.98. The van der Waals surface area contributed by atoms with Crippen molar-refractivity contribution in [2.75, 3.05) is 25.5 Å². The second-order valence-electron chi connectivity index (χ2n) is 4.67. The number of ether oxygens (including phenoxy) is 1. The van der Waals surface area contributed by atoms with Crippen LogP contribution in [0.5, 0.6) is 5.75 Å². The number of nitrogens with one attached hydrogen (secondary N) is 2. The smallest absolute Gasteiger partial charge is 0.251 e. The van der Waals surface area contributed by atoms with E-state index in [-0.39, 0.29) is 16.0 Å². The summed E-state index contributed by atoms with van der Waals surface area (Å²) >= 11 is 12.0. The highest BCUT2D eigenvalue weighted by atomic mass is 35.5. The van der Waals surface area contributed by atoms with E-state index in [0.717, 1.165) is 0 Å². The zero-order chi connectivity index (χ0) is 17.5. The fraction of sp³-hybridized carbons (Fsp3) is 0.188. The molecule has 0 radical (unpaired) electrons. The maximum atomic E-state index is 12.1. The number of aromatic nitrogens is 1. The Hall–Kier alpha value is -2.49. The molecule has 1 heterocycles. The predicted octanol–water partition coefficient (Wildman–Crippen LogP) is 3.11. The lowest BCUT2D eigenvalue weighted by Crippen LogP contribution is -2.29. The molecule has 0 saturated carbocycles. The maximum Gasteiger partial charge on any atom is 0.251 e. The Bertz CT molecular complexity index is 767.